The summed E-state index contributed by atoms with van der Waals surface area (Å²) >= 11 is 0. The Morgan fingerprint density at radius 2 is 2.08 bits per heavy atom. The summed E-state index contributed by atoms with van der Waals surface area (Å²) in [5.74, 6) is -0.866. The number of halogens is 1. The molecule has 1 aromatic heterocycles. The van der Waals surface area contributed by atoms with E-state index in [4.69, 9.17) is 4.74 Å². The summed E-state index contributed by atoms with van der Waals surface area (Å²) in [6.45, 7) is 5.35. The van der Waals surface area contributed by atoms with Gasteiger partial charge >= 0.3 is 12.0 Å². The highest BCUT2D eigenvalue weighted by atomic mass is 19.1. The number of carbonyl (C=O) groups is 2. The molecule has 0 aliphatic rings. The molecule has 134 valence electrons. The first-order chi connectivity index (χ1) is 11.7. The van der Waals surface area contributed by atoms with Crippen LogP contribution in [0.4, 0.5) is 14.9 Å². The summed E-state index contributed by atoms with van der Waals surface area (Å²) in [5.41, 5.74) is -0.647. The number of ether oxygens (including phenoxy) is 1. The van der Waals surface area contributed by atoms with Crippen molar-refractivity contribution in [2.24, 2.45) is 0 Å². The number of hydrogen-bond donors (Lipinski definition) is 2. The monoisotopic (exact) mass is 349 g/mol. The highest BCUT2D eigenvalue weighted by Gasteiger charge is 2.20. The number of amides is 2. The lowest BCUT2D eigenvalue weighted by atomic mass is 10.1. The SMILES string of the molecule is CN(Cc1ncn[nH]1)C(=O)Nc1ccc(C(=O)OC(C)(C)C)cc1F. The van der Waals surface area contributed by atoms with Crippen molar-refractivity contribution < 1.29 is 18.7 Å². The summed E-state index contributed by atoms with van der Waals surface area (Å²) in [7, 11) is 1.53. The number of benzene rings is 1. The highest BCUT2D eigenvalue weighted by molar-refractivity contribution is 5.92. The summed E-state index contributed by atoms with van der Waals surface area (Å²) in [6, 6.07) is 3.21. The normalized spacial score (nSPS) is 11.1. The van der Waals surface area contributed by atoms with Crippen LogP contribution < -0.4 is 5.32 Å². The van der Waals surface area contributed by atoms with Crippen LogP contribution in [-0.4, -0.2) is 44.7 Å². The fourth-order valence-corrected chi connectivity index (χ4v) is 1.89. The maximum Gasteiger partial charge on any atom is 0.338 e. The van der Waals surface area contributed by atoms with Gasteiger partial charge in [-0.2, -0.15) is 5.10 Å². The molecule has 9 heteroatoms. The molecule has 8 nitrogen and oxygen atoms in total. The van der Waals surface area contributed by atoms with Crippen molar-refractivity contribution in [3.8, 4) is 0 Å². The fourth-order valence-electron chi connectivity index (χ4n) is 1.89. The van der Waals surface area contributed by atoms with E-state index in [0.29, 0.717) is 5.82 Å². The molecule has 0 aliphatic heterocycles. The largest absolute Gasteiger partial charge is 0.456 e. The van der Waals surface area contributed by atoms with Gasteiger partial charge in [0.1, 0.15) is 23.6 Å². The number of nitrogens with one attached hydrogen (secondary N) is 2. The first-order valence-corrected chi connectivity index (χ1v) is 7.55. The van der Waals surface area contributed by atoms with E-state index >= 15 is 0 Å². The first-order valence-electron chi connectivity index (χ1n) is 7.55. The minimum atomic E-state index is -0.732. The number of anilines is 1. The second-order valence-electron chi connectivity index (χ2n) is 6.41. The zero-order valence-corrected chi connectivity index (χ0v) is 14.5. The quantitative estimate of drug-likeness (QED) is 0.826. The number of esters is 1. The van der Waals surface area contributed by atoms with Crippen molar-refractivity contribution in [1.82, 2.24) is 20.1 Å². The molecule has 0 fully saturated rings. The average Bonchev–Trinajstić information content (AvgIpc) is 3.00. The van der Waals surface area contributed by atoms with Crippen LogP contribution in [0.25, 0.3) is 0 Å². The second-order valence-corrected chi connectivity index (χ2v) is 6.41. The Balaban J connectivity index is 2.03. The van der Waals surface area contributed by atoms with Gasteiger partial charge < -0.3 is 15.0 Å². The number of H-pyrrole nitrogens is 1. The van der Waals surface area contributed by atoms with E-state index in [1.54, 1.807) is 20.8 Å². The fraction of sp³-hybridized carbons (Fsp3) is 0.375. The zero-order valence-electron chi connectivity index (χ0n) is 14.5. The molecule has 1 heterocycles. The Kier molecular flexibility index (Phi) is 5.35. The van der Waals surface area contributed by atoms with E-state index in [0.717, 1.165) is 6.07 Å². The van der Waals surface area contributed by atoms with Crippen molar-refractivity contribution in [3.05, 3.63) is 41.7 Å². The molecule has 2 amide bonds. The molecule has 0 atom stereocenters. The third-order valence-corrected chi connectivity index (χ3v) is 3.04. The first kappa shape index (κ1) is 18.4. The smallest absolute Gasteiger partial charge is 0.338 e. The van der Waals surface area contributed by atoms with Crippen molar-refractivity contribution in [1.29, 1.82) is 0 Å². The molecule has 2 aromatic rings. The molecule has 0 radical (unpaired) electrons. The molecule has 1 aromatic carbocycles. The molecular formula is C16H20FN5O3. The lowest BCUT2D eigenvalue weighted by Crippen LogP contribution is -2.31. The van der Waals surface area contributed by atoms with E-state index in [1.807, 2.05) is 0 Å². The molecular weight excluding hydrogens is 329 g/mol. The molecule has 2 rings (SSSR count). The lowest BCUT2D eigenvalue weighted by molar-refractivity contribution is 0.00690. The van der Waals surface area contributed by atoms with Crippen LogP contribution in [-0.2, 0) is 11.3 Å². The molecule has 25 heavy (non-hydrogen) atoms. The van der Waals surface area contributed by atoms with Gasteiger partial charge in [0.2, 0.25) is 0 Å². The van der Waals surface area contributed by atoms with Gasteiger partial charge in [-0.1, -0.05) is 0 Å². The third-order valence-electron chi connectivity index (χ3n) is 3.04. The minimum Gasteiger partial charge on any atom is -0.456 e. The topological polar surface area (TPSA) is 100 Å². The Bertz CT molecular complexity index is 756. The molecule has 0 bridgehead atoms. The van der Waals surface area contributed by atoms with Gasteiger partial charge in [0.25, 0.3) is 0 Å². The number of nitrogens with zero attached hydrogens (tertiary/aromatic N) is 3. The van der Waals surface area contributed by atoms with Crippen LogP contribution in [0.15, 0.2) is 24.5 Å². The van der Waals surface area contributed by atoms with Gasteiger partial charge in [-0.15, -0.1) is 0 Å². The minimum absolute atomic E-state index is 0.0401. The molecule has 0 saturated heterocycles. The molecule has 0 spiro atoms. The Labute approximate surface area is 144 Å². The van der Waals surface area contributed by atoms with Crippen LogP contribution >= 0.6 is 0 Å². The van der Waals surface area contributed by atoms with Gasteiger partial charge in [-0.3, -0.25) is 5.10 Å². The van der Waals surface area contributed by atoms with E-state index in [1.165, 1.54) is 30.4 Å². The highest BCUT2D eigenvalue weighted by Crippen LogP contribution is 2.19. The maximum atomic E-state index is 14.2. The second kappa shape index (κ2) is 7.29. The summed E-state index contributed by atoms with van der Waals surface area (Å²) < 4.78 is 19.4. The van der Waals surface area contributed by atoms with Crippen LogP contribution in [0.3, 0.4) is 0 Å². The lowest BCUT2D eigenvalue weighted by Gasteiger charge is -2.20. The Morgan fingerprint density at radius 3 is 2.64 bits per heavy atom. The van der Waals surface area contributed by atoms with E-state index in [-0.39, 0.29) is 17.8 Å². The van der Waals surface area contributed by atoms with Crippen LogP contribution in [0, 0.1) is 5.82 Å². The molecule has 0 unspecified atom stereocenters. The standard InChI is InChI=1S/C16H20FN5O3/c1-16(2,3)25-14(23)10-5-6-12(11(17)7-10)20-15(24)22(4)8-13-18-9-19-21-13/h5-7,9H,8H2,1-4H3,(H,20,24)(H,18,19,21). The predicted molar refractivity (Wildman–Crippen MR) is 88.4 cm³/mol. The van der Waals surface area contributed by atoms with Gasteiger partial charge in [0, 0.05) is 7.05 Å². The van der Waals surface area contributed by atoms with Crippen LogP contribution in [0.2, 0.25) is 0 Å². The van der Waals surface area contributed by atoms with Crippen molar-refractivity contribution >= 4 is 17.7 Å². The third kappa shape index (κ3) is 5.27. The summed E-state index contributed by atoms with van der Waals surface area (Å²) in [6.07, 6.45) is 1.33. The van der Waals surface area contributed by atoms with Crippen LogP contribution in [0.5, 0.6) is 0 Å². The average molecular weight is 349 g/mol. The Hall–Kier alpha value is -2.97. The van der Waals surface area contributed by atoms with Crippen LogP contribution in [0.1, 0.15) is 37.0 Å². The maximum absolute atomic E-state index is 14.2. The van der Waals surface area contributed by atoms with E-state index < -0.39 is 23.4 Å². The number of aromatic amines is 1. The van der Waals surface area contributed by atoms with Gasteiger partial charge in [-0.25, -0.2) is 19.0 Å². The molecule has 2 N–H and O–H groups in total. The van der Waals surface area contributed by atoms with Gasteiger partial charge in [-0.05, 0) is 39.0 Å². The number of hydrogen-bond acceptors (Lipinski definition) is 5. The number of urea groups is 1. The number of rotatable bonds is 4. The van der Waals surface area contributed by atoms with Crippen molar-refractivity contribution in [3.63, 3.8) is 0 Å². The predicted octanol–water partition coefficient (Wildman–Crippen LogP) is 2.56. The van der Waals surface area contributed by atoms with E-state index in [9.17, 15) is 14.0 Å². The Morgan fingerprint density at radius 1 is 1.36 bits per heavy atom. The summed E-state index contributed by atoms with van der Waals surface area (Å²) in [4.78, 5) is 29.2. The number of aromatic nitrogens is 3. The van der Waals surface area contributed by atoms with Gasteiger partial charge in [0.15, 0.2) is 0 Å². The van der Waals surface area contributed by atoms with Crippen molar-refractivity contribution in [2.45, 2.75) is 32.9 Å². The molecule has 0 aliphatic carbocycles. The number of carbonyl (C=O) groups excluding carboxylic acids is 2. The van der Waals surface area contributed by atoms with Gasteiger partial charge in [0.05, 0.1) is 17.8 Å². The molecule has 0 saturated carbocycles. The zero-order chi connectivity index (χ0) is 18.6. The van der Waals surface area contributed by atoms with E-state index in [2.05, 4.69) is 20.5 Å². The summed E-state index contributed by atoms with van der Waals surface area (Å²) in [5, 5.41) is 8.75. The van der Waals surface area contributed by atoms with Crippen molar-refractivity contribution in [2.75, 3.05) is 12.4 Å².